The van der Waals surface area contributed by atoms with E-state index in [1.165, 1.54) is 25.4 Å². The molecular formula is C17H20N2O8. The number of hydrogen-bond donors (Lipinski definition) is 3. The molecule has 10 nitrogen and oxygen atoms in total. The number of aliphatic hydroxyl groups is 2. The Bertz CT molecular complexity index is 896. The number of nitrogens with one attached hydrogen (secondary N) is 1. The number of nitrogens with zero attached hydrogens (tertiary/aromatic N) is 1. The first kappa shape index (κ1) is 19.2. The first-order chi connectivity index (χ1) is 12.8. The van der Waals surface area contributed by atoms with Gasteiger partial charge in [-0.15, -0.1) is 0 Å². The Kier molecular flexibility index (Phi) is 5.16. The SMILES string of the molecule is CO[C@@H]1[C@H](O)C(O)[C@H](Oc2cnc3cc(NC=O)c(=O)oc3c2)OC1(C)C. The van der Waals surface area contributed by atoms with Crippen molar-refractivity contribution in [3.8, 4) is 5.75 Å². The first-order valence-corrected chi connectivity index (χ1v) is 8.14. The van der Waals surface area contributed by atoms with Gasteiger partial charge in [0.15, 0.2) is 5.58 Å². The number of ether oxygens (including phenoxy) is 3. The highest BCUT2D eigenvalue weighted by atomic mass is 16.7. The first-order valence-electron chi connectivity index (χ1n) is 8.14. The summed E-state index contributed by atoms with van der Waals surface area (Å²) < 4.78 is 21.6. The van der Waals surface area contributed by atoms with E-state index in [1.54, 1.807) is 13.8 Å². The molecule has 1 fully saturated rings. The number of methoxy groups -OCH3 is 1. The lowest BCUT2D eigenvalue weighted by atomic mass is 9.89. The van der Waals surface area contributed by atoms with Crippen molar-refractivity contribution in [3.05, 3.63) is 28.7 Å². The van der Waals surface area contributed by atoms with Crippen LogP contribution in [0.15, 0.2) is 27.5 Å². The summed E-state index contributed by atoms with van der Waals surface area (Å²) >= 11 is 0. The molecule has 0 saturated carbocycles. The van der Waals surface area contributed by atoms with Crippen molar-refractivity contribution in [2.45, 2.75) is 44.1 Å². The molecular weight excluding hydrogens is 360 g/mol. The van der Waals surface area contributed by atoms with Gasteiger partial charge in [-0.2, -0.15) is 0 Å². The maximum atomic E-state index is 11.8. The summed E-state index contributed by atoms with van der Waals surface area (Å²) in [5, 5.41) is 22.8. The number of rotatable bonds is 5. The Morgan fingerprint density at radius 2 is 2.04 bits per heavy atom. The van der Waals surface area contributed by atoms with E-state index in [-0.39, 0.29) is 17.0 Å². The van der Waals surface area contributed by atoms with Crippen LogP contribution in [0.1, 0.15) is 13.8 Å². The molecule has 1 unspecified atom stereocenters. The lowest BCUT2D eigenvalue weighted by Crippen LogP contribution is -2.63. The zero-order valence-corrected chi connectivity index (χ0v) is 14.9. The van der Waals surface area contributed by atoms with Gasteiger partial charge in [-0.05, 0) is 19.9 Å². The predicted octanol–water partition coefficient (Wildman–Crippen LogP) is 0.00680. The standard InChI is InChI=1S/C17H20N2O8/c1-17(2)14(24-3)12(21)13(22)16(27-17)25-8-4-11-9(18-6-8)5-10(19-7-20)15(23)26-11/h4-7,12-14,16,21-22H,1-3H3,(H,19,20)/t12-,13?,14-,16-/m1/s1. The van der Waals surface area contributed by atoms with Gasteiger partial charge in [0, 0.05) is 13.2 Å². The summed E-state index contributed by atoms with van der Waals surface area (Å²) in [4.78, 5) is 26.4. The molecule has 2 aromatic heterocycles. The fourth-order valence-electron chi connectivity index (χ4n) is 3.04. The highest BCUT2D eigenvalue weighted by molar-refractivity contribution is 5.80. The monoisotopic (exact) mass is 380 g/mol. The van der Waals surface area contributed by atoms with Crippen molar-refractivity contribution in [1.29, 1.82) is 0 Å². The molecule has 0 bridgehead atoms. The second kappa shape index (κ2) is 7.24. The van der Waals surface area contributed by atoms with Gasteiger partial charge in [0.2, 0.25) is 12.7 Å². The van der Waals surface area contributed by atoms with Crippen molar-refractivity contribution >= 4 is 23.2 Å². The summed E-state index contributed by atoms with van der Waals surface area (Å²) in [6.07, 6.45) is -2.84. The zero-order valence-electron chi connectivity index (χ0n) is 14.9. The van der Waals surface area contributed by atoms with Crippen LogP contribution in [-0.4, -0.2) is 58.9 Å². The number of carbonyl (C=O) groups excluding carboxylic acids is 1. The molecule has 1 amide bonds. The number of aromatic nitrogens is 1. The predicted molar refractivity (Wildman–Crippen MR) is 92.4 cm³/mol. The van der Waals surface area contributed by atoms with Gasteiger partial charge in [0.1, 0.15) is 35.3 Å². The Labute approximate surface area is 153 Å². The third-order valence-corrected chi connectivity index (χ3v) is 4.32. The van der Waals surface area contributed by atoms with Crippen LogP contribution in [0.5, 0.6) is 5.75 Å². The highest BCUT2D eigenvalue weighted by Gasteiger charge is 2.50. The summed E-state index contributed by atoms with van der Waals surface area (Å²) in [5.74, 6) is 0.157. The van der Waals surface area contributed by atoms with Gasteiger partial charge in [0.25, 0.3) is 0 Å². The van der Waals surface area contributed by atoms with Crippen LogP contribution in [0.25, 0.3) is 11.1 Å². The Morgan fingerprint density at radius 3 is 2.70 bits per heavy atom. The lowest BCUT2D eigenvalue weighted by Gasteiger charge is -2.46. The minimum Gasteiger partial charge on any atom is -0.460 e. The zero-order chi connectivity index (χ0) is 19.8. The van der Waals surface area contributed by atoms with Crippen LogP contribution >= 0.6 is 0 Å². The van der Waals surface area contributed by atoms with Crippen molar-refractivity contribution in [1.82, 2.24) is 4.98 Å². The van der Waals surface area contributed by atoms with Crippen molar-refractivity contribution in [2.24, 2.45) is 0 Å². The van der Waals surface area contributed by atoms with Crippen molar-refractivity contribution < 1.29 is 33.6 Å². The third kappa shape index (κ3) is 3.65. The topological polar surface area (TPSA) is 140 Å². The van der Waals surface area contributed by atoms with Crippen molar-refractivity contribution in [2.75, 3.05) is 12.4 Å². The van der Waals surface area contributed by atoms with E-state index >= 15 is 0 Å². The van der Waals surface area contributed by atoms with Crippen LogP contribution in [0.3, 0.4) is 0 Å². The number of aliphatic hydroxyl groups excluding tert-OH is 2. The molecule has 0 spiro atoms. The Morgan fingerprint density at radius 1 is 1.30 bits per heavy atom. The molecule has 3 heterocycles. The molecule has 3 N–H and O–H groups in total. The van der Waals surface area contributed by atoms with Gasteiger partial charge in [0.05, 0.1) is 11.8 Å². The van der Waals surface area contributed by atoms with Crippen LogP contribution < -0.4 is 15.7 Å². The number of amides is 1. The fraction of sp³-hybridized carbons (Fsp3) is 0.471. The summed E-state index contributed by atoms with van der Waals surface area (Å²) in [7, 11) is 1.41. The highest BCUT2D eigenvalue weighted by Crippen LogP contribution is 2.32. The van der Waals surface area contributed by atoms with E-state index in [0.29, 0.717) is 11.9 Å². The smallest absolute Gasteiger partial charge is 0.360 e. The van der Waals surface area contributed by atoms with E-state index in [4.69, 9.17) is 18.6 Å². The fourth-order valence-corrected chi connectivity index (χ4v) is 3.04. The molecule has 146 valence electrons. The van der Waals surface area contributed by atoms with E-state index in [0.717, 1.165) is 0 Å². The second-order valence-electron chi connectivity index (χ2n) is 6.61. The minimum absolute atomic E-state index is 0.0415. The number of anilines is 1. The largest absolute Gasteiger partial charge is 0.460 e. The van der Waals surface area contributed by atoms with Gasteiger partial charge < -0.3 is 34.2 Å². The number of hydrogen-bond acceptors (Lipinski definition) is 9. The van der Waals surface area contributed by atoms with Gasteiger partial charge in [-0.25, -0.2) is 9.78 Å². The van der Waals surface area contributed by atoms with Crippen molar-refractivity contribution in [3.63, 3.8) is 0 Å². The summed E-state index contributed by atoms with van der Waals surface area (Å²) in [6, 6.07) is 2.76. The average molecular weight is 380 g/mol. The molecule has 10 heteroatoms. The maximum Gasteiger partial charge on any atom is 0.360 e. The van der Waals surface area contributed by atoms with Gasteiger partial charge >= 0.3 is 5.63 Å². The Balaban J connectivity index is 1.87. The summed E-state index contributed by atoms with van der Waals surface area (Å²) in [5.41, 5.74) is -1.28. The molecule has 0 aliphatic carbocycles. The average Bonchev–Trinajstić information content (AvgIpc) is 2.60. The van der Waals surface area contributed by atoms with Crippen LogP contribution in [0, 0.1) is 0 Å². The third-order valence-electron chi connectivity index (χ3n) is 4.32. The molecule has 0 aromatic carbocycles. The molecule has 1 aliphatic rings. The second-order valence-corrected chi connectivity index (χ2v) is 6.61. The maximum absolute atomic E-state index is 11.8. The molecule has 4 atom stereocenters. The number of carbonyl (C=O) groups is 1. The van der Waals surface area contributed by atoms with Gasteiger partial charge in [-0.3, -0.25) is 4.79 Å². The normalized spacial score (nSPS) is 27.3. The van der Waals surface area contributed by atoms with E-state index in [9.17, 15) is 19.8 Å². The number of pyridine rings is 1. The van der Waals surface area contributed by atoms with Crippen LogP contribution in [0.2, 0.25) is 0 Å². The van der Waals surface area contributed by atoms with Crippen LogP contribution in [0.4, 0.5) is 5.69 Å². The van der Waals surface area contributed by atoms with E-state index in [2.05, 4.69) is 10.3 Å². The van der Waals surface area contributed by atoms with Crippen LogP contribution in [-0.2, 0) is 14.3 Å². The molecule has 1 saturated heterocycles. The van der Waals surface area contributed by atoms with E-state index in [1.807, 2.05) is 0 Å². The molecule has 0 radical (unpaired) electrons. The lowest BCUT2D eigenvalue weighted by molar-refractivity contribution is -0.306. The molecule has 2 aromatic rings. The molecule has 1 aliphatic heterocycles. The number of fused-ring (bicyclic) bond motifs is 1. The summed E-state index contributed by atoms with van der Waals surface area (Å²) in [6.45, 7) is 3.40. The molecule has 3 rings (SSSR count). The van der Waals surface area contributed by atoms with E-state index < -0.39 is 35.8 Å². The minimum atomic E-state index is -1.37. The van der Waals surface area contributed by atoms with Gasteiger partial charge in [-0.1, -0.05) is 0 Å². The Hall–Kier alpha value is -2.53. The quantitative estimate of drug-likeness (QED) is 0.612. The molecule has 27 heavy (non-hydrogen) atoms.